The molecule has 112 valence electrons. The molecule has 2 rings (SSSR count). The van der Waals surface area contributed by atoms with Crippen LogP contribution >= 0.6 is 0 Å². The number of amides is 1. The van der Waals surface area contributed by atoms with Gasteiger partial charge in [0.05, 0.1) is 0 Å². The number of hydrogen-bond acceptors (Lipinski definition) is 3. The molecule has 0 radical (unpaired) electrons. The van der Waals surface area contributed by atoms with E-state index in [-0.39, 0.29) is 17.6 Å². The Morgan fingerprint density at radius 3 is 2.62 bits per heavy atom. The molecule has 0 unspecified atom stereocenters. The Labute approximate surface area is 125 Å². The second-order valence-corrected chi connectivity index (χ2v) is 5.79. The number of rotatable bonds is 4. The van der Waals surface area contributed by atoms with Crippen molar-refractivity contribution < 1.29 is 4.79 Å². The summed E-state index contributed by atoms with van der Waals surface area (Å²) in [4.78, 5) is 18.2. The van der Waals surface area contributed by atoms with E-state index in [0.717, 1.165) is 11.4 Å². The zero-order chi connectivity index (χ0) is 15.6. The monoisotopic (exact) mass is 286 g/mol. The standard InChI is InChI=1S/C16H22N4O/c1-10(2)14-17-15(19-18-14)16(21)20(5)9-13-7-6-11(3)8-12(13)4/h6-8,10H,9H2,1-5H3,(H,17,18,19). The highest BCUT2D eigenvalue weighted by molar-refractivity contribution is 5.90. The molecular weight excluding hydrogens is 264 g/mol. The Morgan fingerprint density at radius 1 is 1.33 bits per heavy atom. The van der Waals surface area contributed by atoms with Gasteiger partial charge < -0.3 is 4.90 Å². The number of carbonyl (C=O) groups excluding carboxylic acids is 1. The van der Waals surface area contributed by atoms with Gasteiger partial charge in [0.15, 0.2) is 0 Å². The van der Waals surface area contributed by atoms with E-state index in [9.17, 15) is 4.79 Å². The molecule has 1 aromatic carbocycles. The van der Waals surface area contributed by atoms with Crippen LogP contribution in [-0.2, 0) is 6.54 Å². The SMILES string of the molecule is Cc1ccc(CN(C)C(=O)c2n[nH]c(C(C)C)n2)c(C)c1. The first-order chi connectivity index (χ1) is 9.88. The first-order valence-electron chi connectivity index (χ1n) is 7.12. The summed E-state index contributed by atoms with van der Waals surface area (Å²) in [6.45, 7) is 8.69. The van der Waals surface area contributed by atoms with Gasteiger partial charge in [-0.1, -0.05) is 37.6 Å². The molecule has 0 bridgehead atoms. The molecule has 0 aliphatic rings. The maximum Gasteiger partial charge on any atom is 0.293 e. The molecule has 1 aromatic heterocycles. The van der Waals surface area contributed by atoms with Crippen LogP contribution in [0.25, 0.3) is 0 Å². The number of aromatic nitrogens is 3. The Balaban J connectivity index is 2.11. The Morgan fingerprint density at radius 2 is 2.05 bits per heavy atom. The first-order valence-corrected chi connectivity index (χ1v) is 7.12. The van der Waals surface area contributed by atoms with E-state index in [2.05, 4.69) is 47.2 Å². The number of benzene rings is 1. The lowest BCUT2D eigenvalue weighted by atomic mass is 10.1. The fraction of sp³-hybridized carbons (Fsp3) is 0.438. The van der Waals surface area contributed by atoms with Gasteiger partial charge >= 0.3 is 0 Å². The van der Waals surface area contributed by atoms with Gasteiger partial charge in [-0.05, 0) is 25.0 Å². The fourth-order valence-corrected chi connectivity index (χ4v) is 2.15. The summed E-state index contributed by atoms with van der Waals surface area (Å²) in [6.07, 6.45) is 0. The fourth-order valence-electron chi connectivity index (χ4n) is 2.15. The van der Waals surface area contributed by atoms with Crippen molar-refractivity contribution in [2.24, 2.45) is 0 Å². The summed E-state index contributed by atoms with van der Waals surface area (Å²) in [5, 5.41) is 6.82. The van der Waals surface area contributed by atoms with Gasteiger partial charge in [0.25, 0.3) is 5.91 Å². The van der Waals surface area contributed by atoms with Gasteiger partial charge in [0.1, 0.15) is 5.82 Å². The normalized spacial score (nSPS) is 11.0. The lowest BCUT2D eigenvalue weighted by Crippen LogP contribution is -2.27. The van der Waals surface area contributed by atoms with E-state index in [4.69, 9.17) is 0 Å². The van der Waals surface area contributed by atoms with Crippen LogP contribution < -0.4 is 0 Å². The highest BCUT2D eigenvalue weighted by Gasteiger charge is 2.18. The Kier molecular flexibility index (Phi) is 4.40. The summed E-state index contributed by atoms with van der Waals surface area (Å²) in [7, 11) is 1.77. The van der Waals surface area contributed by atoms with Crippen molar-refractivity contribution in [3.05, 3.63) is 46.5 Å². The van der Waals surface area contributed by atoms with E-state index >= 15 is 0 Å². The van der Waals surface area contributed by atoms with Crippen molar-refractivity contribution in [3.8, 4) is 0 Å². The van der Waals surface area contributed by atoms with Crippen LogP contribution in [0, 0.1) is 13.8 Å². The highest BCUT2D eigenvalue weighted by atomic mass is 16.2. The number of carbonyl (C=O) groups is 1. The van der Waals surface area contributed by atoms with E-state index in [0.29, 0.717) is 6.54 Å². The van der Waals surface area contributed by atoms with Crippen molar-refractivity contribution in [2.45, 2.75) is 40.2 Å². The highest BCUT2D eigenvalue weighted by Crippen LogP contribution is 2.14. The molecule has 5 heteroatoms. The van der Waals surface area contributed by atoms with E-state index in [1.165, 1.54) is 11.1 Å². The lowest BCUT2D eigenvalue weighted by molar-refractivity contribution is 0.0773. The van der Waals surface area contributed by atoms with Gasteiger partial charge in [0, 0.05) is 19.5 Å². The molecule has 2 aromatic rings. The zero-order valence-corrected chi connectivity index (χ0v) is 13.3. The van der Waals surface area contributed by atoms with Crippen LogP contribution in [0.2, 0.25) is 0 Å². The van der Waals surface area contributed by atoms with Crippen LogP contribution in [0.1, 0.15) is 52.9 Å². The molecule has 5 nitrogen and oxygen atoms in total. The van der Waals surface area contributed by atoms with Gasteiger partial charge in [-0.3, -0.25) is 9.89 Å². The maximum atomic E-state index is 12.3. The molecule has 0 atom stereocenters. The molecular formula is C16H22N4O. The molecule has 0 aliphatic carbocycles. The Bertz CT molecular complexity index is 645. The quantitative estimate of drug-likeness (QED) is 0.940. The van der Waals surface area contributed by atoms with Crippen molar-refractivity contribution >= 4 is 5.91 Å². The average molecular weight is 286 g/mol. The molecule has 21 heavy (non-hydrogen) atoms. The van der Waals surface area contributed by atoms with E-state index in [1.807, 2.05) is 13.8 Å². The summed E-state index contributed by atoms with van der Waals surface area (Å²) in [5.74, 6) is 1.02. The summed E-state index contributed by atoms with van der Waals surface area (Å²) in [5.41, 5.74) is 3.55. The largest absolute Gasteiger partial charge is 0.335 e. The third-order valence-electron chi connectivity index (χ3n) is 3.49. The van der Waals surface area contributed by atoms with E-state index < -0.39 is 0 Å². The summed E-state index contributed by atoms with van der Waals surface area (Å²) >= 11 is 0. The second kappa shape index (κ2) is 6.08. The van der Waals surface area contributed by atoms with Gasteiger partial charge in [0.2, 0.25) is 5.82 Å². The van der Waals surface area contributed by atoms with Gasteiger partial charge in [-0.25, -0.2) is 4.98 Å². The van der Waals surface area contributed by atoms with Gasteiger partial charge in [-0.15, -0.1) is 5.10 Å². The third-order valence-corrected chi connectivity index (χ3v) is 3.49. The predicted octanol–water partition coefficient (Wildman–Crippen LogP) is 2.82. The average Bonchev–Trinajstić information content (AvgIpc) is 2.90. The third kappa shape index (κ3) is 3.48. The number of hydrogen-bond donors (Lipinski definition) is 1. The molecule has 0 aliphatic heterocycles. The van der Waals surface area contributed by atoms with Crippen LogP contribution in [0.5, 0.6) is 0 Å². The minimum Gasteiger partial charge on any atom is -0.335 e. The molecule has 1 heterocycles. The number of nitrogens with one attached hydrogen (secondary N) is 1. The van der Waals surface area contributed by atoms with Crippen LogP contribution in [0.4, 0.5) is 0 Å². The Hall–Kier alpha value is -2.17. The molecule has 0 fully saturated rings. The second-order valence-electron chi connectivity index (χ2n) is 5.79. The van der Waals surface area contributed by atoms with Crippen LogP contribution in [0.3, 0.4) is 0 Å². The van der Waals surface area contributed by atoms with Crippen LogP contribution in [0.15, 0.2) is 18.2 Å². The smallest absolute Gasteiger partial charge is 0.293 e. The molecule has 0 spiro atoms. The van der Waals surface area contributed by atoms with Gasteiger partial charge in [-0.2, -0.15) is 0 Å². The molecule has 0 saturated heterocycles. The number of aryl methyl sites for hydroxylation is 2. The first kappa shape index (κ1) is 15.2. The maximum absolute atomic E-state index is 12.3. The summed E-state index contributed by atoms with van der Waals surface area (Å²) < 4.78 is 0. The minimum atomic E-state index is -0.168. The van der Waals surface area contributed by atoms with Crippen molar-refractivity contribution in [1.29, 1.82) is 0 Å². The number of nitrogens with zero attached hydrogens (tertiary/aromatic N) is 3. The van der Waals surface area contributed by atoms with Crippen LogP contribution in [-0.4, -0.2) is 33.0 Å². The van der Waals surface area contributed by atoms with Crippen molar-refractivity contribution in [3.63, 3.8) is 0 Å². The summed E-state index contributed by atoms with van der Waals surface area (Å²) in [6, 6.07) is 6.24. The predicted molar refractivity (Wildman–Crippen MR) is 82.2 cm³/mol. The molecule has 0 saturated carbocycles. The van der Waals surface area contributed by atoms with Crippen molar-refractivity contribution in [2.75, 3.05) is 7.05 Å². The number of H-pyrrole nitrogens is 1. The molecule has 1 N–H and O–H groups in total. The topological polar surface area (TPSA) is 61.9 Å². The molecule has 1 amide bonds. The lowest BCUT2D eigenvalue weighted by Gasteiger charge is -2.17. The van der Waals surface area contributed by atoms with Crippen molar-refractivity contribution in [1.82, 2.24) is 20.1 Å². The van der Waals surface area contributed by atoms with E-state index in [1.54, 1.807) is 11.9 Å². The number of aromatic amines is 1. The minimum absolute atomic E-state index is 0.168. The zero-order valence-electron chi connectivity index (χ0n) is 13.3.